The number of pyridine rings is 1. The molecule has 31 heavy (non-hydrogen) atoms. The molecule has 5 nitrogen and oxygen atoms in total. The fourth-order valence-corrected chi connectivity index (χ4v) is 4.55. The first-order valence-electron chi connectivity index (χ1n) is 9.63. The largest absolute Gasteiger partial charge is 0.302 e. The van der Waals surface area contributed by atoms with Gasteiger partial charge < -0.3 is 5.32 Å². The Morgan fingerprint density at radius 1 is 0.935 bits per heavy atom. The predicted molar refractivity (Wildman–Crippen MR) is 126 cm³/mol. The molecule has 0 aliphatic rings. The van der Waals surface area contributed by atoms with Crippen molar-refractivity contribution in [3.63, 3.8) is 0 Å². The summed E-state index contributed by atoms with van der Waals surface area (Å²) >= 11 is 2.81. The van der Waals surface area contributed by atoms with E-state index in [0.29, 0.717) is 27.9 Å². The summed E-state index contributed by atoms with van der Waals surface area (Å²) in [7, 11) is 0. The lowest BCUT2D eigenvalue weighted by molar-refractivity contribution is -0.115. The topological polar surface area (TPSA) is 78.7 Å². The number of aromatic nitrogens is 2. The lowest BCUT2D eigenvalue weighted by Gasteiger charge is -2.07. The molecule has 152 valence electrons. The zero-order valence-electron chi connectivity index (χ0n) is 16.5. The van der Waals surface area contributed by atoms with Gasteiger partial charge in [-0.15, -0.1) is 23.1 Å². The standard InChI is InChI=1S/C24H18N4OS2/c25-15-19-11-12-20(17-7-3-1-4-8-17)26-23(19)30-14-13-22(29)28-24-27-21(16-31-24)18-9-5-2-6-10-18/h1-12,16H,13-14H2,(H,27,28,29). The van der Waals surface area contributed by atoms with Crippen LogP contribution in [-0.4, -0.2) is 21.6 Å². The van der Waals surface area contributed by atoms with Crippen LogP contribution in [0.4, 0.5) is 5.13 Å². The second-order valence-electron chi connectivity index (χ2n) is 6.58. The summed E-state index contributed by atoms with van der Waals surface area (Å²) in [6.07, 6.45) is 0.299. The average molecular weight is 443 g/mol. The van der Waals surface area contributed by atoms with Gasteiger partial charge in [0, 0.05) is 28.7 Å². The number of nitrogens with zero attached hydrogens (tertiary/aromatic N) is 3. The fourth-order valence-electron chi connectivity index (χ4n) is 2.90. The number of amides is 1. The van der Waals surface area contributed by atoms with Gasteiger partial charge in [0.1, 0.15) is 11.1 Å². The first-order valence-corrected chi connectivity index (χ1v) is 11.5. The summed E-state index contributed by atoms with van der Waals surface area (Å²) in [6, 6.07) is 25.5. The summed E-state index contributed by atoms with van der Waals surface area (Å²) < 4.78 is 0. The number of rotatable bonds is 7. The van der Waals surface area contributed by atoms with Crippen LogP contribution in [0.3, 0.4) is 0 Å². The third kappa shape index (κ3) is 5.37. The number of anilines is 1. The Kier molecular flexibility index (Phi) is 6.72. The molecule has 0 saturated heterocycles. The number of nitrogens with one attached hydrogen (secondary N) is 1. The number of carbonyl (C=O) groups is 1. The molecular formula is C24H18N4OS2. The molecule has 0 saturated carbocycles. The number of carbonyl (C=O) groups excluding carboxylic acids is 1. The predicted octanol–water partition coefficient (Wildman–Crippen LogP) is 5.86. The van der Waals surface area contributed by atoms with E-state index in [1.54, 1.807) is 6.07 Å². The summed E-state index contributed by atoms with van der Waals surface area (Å²) in [5.74, 6) is 0.405. The van der Waals surface area contributed by atoms with Crippen molar-refractivity contribution in [1.29, 1.82) is 5.26 Å². The van der Waals surface area contributed by atoms with Crippen molar-refractivity contribution >= 4 is 34.1 Å². The highest BCUT2D eigenvalue weighted by atomic mass is 32.2. The highest BCUT2D eigenvalue weighted by Crippen LogP contribution is 2.27. The molecule has 1 amide bonds. The number of nitriles is 1. The summed E-state index contributed by atoms with van der Waals surface area (Å²) in [6.45, 7) is 0. The second-order valence-corrected chi connectivity index (χ2v) is 8.52. The highest BCUT2D eigenvalue weighted by Gasteiger charge is 2.11. The highest BCUT2D eigenvalue weighted by molar-refractivity contribution is 7.99. The molecule has 7 heteroatoms. The molecule has 4 rings (SSSR count). The lowest BCUT2D eigenvalue weighted by atomic mass is 10.1. The van der Waals surface area contributed by atoms with Gasteiger partial charge in [-0.2, -0.15) is 5.26 Å². The molecule has 0 radical (unpaired) electrons. The Bertz CT molecular complexity index is 1220. The van der Waals surface area contributed by atoms with E-state index in [4.69, 9.17) is 0 Å². The minimum Gasteiger partial charge on any atom is -0.302 e. The molecule has 2 heterocycles. The quantitative estimate of drug-likeness (QED) is 0.362. The van der Waals surface area contributed by atoms with Crippen molar-refractivity contribution in [3.8, 4) is 28.6 Å². The Morgan fingerprint density at radius 2 is 1.61 bits per heavy atom. The van der Waals surface area contributed by atoms with E-state index in [1.165, 1.54) is 23.1 Å². The van der Waals surface area contributed by atoms with Crippen molar-refractivity contribution in [2.75, 3.05) is 11.1 Å². The van der Waals surface area contributed by atoms with E-state index in [2.05, 4.69) is 21.4 Å². The zero-order valence-corrected chi connectivity index (χ0v) is 18.1. The van der Waals surface area contributed by atoms with Crippen LogP contribution in [0, 0.1) is 11.3 Å². The Labute approximate surface area is 188 Å². The number of hydrogen-bond acceptors (Lipinski definition) is 6. The maximum Gasteiger partial charge on any atom is 0.226 e. The van der Waals surface area contributed by atoms with Crippen LogP contribution in [0.2, 0.25) is 0 Å². The van der Waals surface area contributed by atoms with Crippen molar-refractivity contribution in [3.05, 3.63) is 83.7 Å². The van der Waals surface area contributed by atoms with E-state index in [-0.39, 0.29) is 5.91 Å². The van der Waals surface area contributed by atoms with E-state index in [1.807, 2.05) is 72.1 Å². The van der Waals surface area contributed by atoms with E-state index >= 15 is 0 Å². The van der Waals surface area contributed by atoms with Crippen LogP contribution in [0.25, 0.3) is 22.5 Å². The normalized spacial score (nSPS) is 10.4. The molecular weight excluding hydrogens is 424 g/mol. The second kappa shape index (κ2) is 10.0. The third-order valence-electron chi connectivity index (χ3n) is 4.44. The van der Waals surface area contributed by atoms with Crippen LogP contribution in [-0.2, 0) is 4.79 Å². The number of thiazole rings is 1. The van der Waals surface area contributed by atoms with Crippen molar-refractivity contribution in [1.82, 2.24) is 9.97 Å². The molecule has 2 aromatic heterocycles. The monoisotopic (exact) mass is 442 g/mol. The van der Waals surface area contributed by atoms with Gasteiger partial charge in [-0.1, -0.05) is 60.7 Å². The minimum absolute atomic E-state index is 0.112. The lowest BCUT2D eigenvalue weighted by Crippen LogP contribution is -2.12. The number of hydrogen-bond donors (Lipinski definition) is 1. The smallest absolute Gasteiger partial charge is 0.226 e. The van der Waals surface area contributed by atoms with Gasteiger partial charge in [-0.25, -0.2) is 9.97 Å². The summed E-state index contributed by atoms with van der Waals surface area (Å²) in [5, 5.41) is 15.4. The van der Waals surface area contributed by atoms with Gasteiger partial charge >= 0.3 is 0 Å². The molecule has 0 fully saturated rings. The van der Waals surface area contributed by atoms with Crippen LogP contribution < -0.4 is 5.32 Å². The van der Waals surface area contributed by atoms with Gasteiger partial charge in [0.15, 0.2) is 5.13 Å². The van der Waals surface area contributed by atoms with Crippen LogP contribution in [0.15, 0.2) is 83.2 Å². The Balaban J connectivity index is 1.35. The SMILES string of the molecule is N#Cc1ccc(-c2ccccc2)nc1SCCC(=O)Nc1nc(-c2ccccc2)cs1. The maximum atomic E-state index is 12.3. The van der Waals surface area contributed by atoms with Crippen molar-refractivity contribution < 1.29 is 4.79 Å². The molecule has 4 aromatic rings. The molecule has 2 aromatic carbocycles. The van der Waals surface area contributed by atoms with Crippen LogP contribution in [0.5, 0.6) is 0 Å². The Morgan fingerprint density at radius 3 is 2.29 bits per heavy atom. The fraction of sp³-hybridized carbons (Fsp3) is 0.0833. The molecule has 0 bridgehead atoms. The maximum absolute atomic E-state index is 12.3. The van der Waals surface area contributed by atoms with Gasteiger partial charge in [-0.05, 0) is 12.1 Å². The van der Waals surface area contributed by atoms with E-state index < -0.39 is 0 Å². The molecule has 1 N–H and O–H groups in total. The van der Waals surface area contributed by atoms with Gasteiger partial charge in [0.05, 0.1) is 17.0 Å². The minimum atomic E-state index is -0.112. The number of thioether (sulfide) groups is 1. The summed E-state index contributed by atoms with van der Waals surface area (Å²) in [4.78, 5) is 21.5. The van der Waals surface area contributed by atoms with Gasteiger partial charge in [0.2, 0.25) is 5.91 Å². The van der Waals surface area contributed by atoms with E-state index in [9.17, 15) is 10.1 Å². The zero-order chi connectivity index (χ0) is 21.5. The van der Waals surface area contributed by atoms with Crippen molar-refractivity contribution in [2.45, 2.75) is 11.4 Å². The molecule has 0 spiro atoms. The number of benzene rings is 2. The van der Waals surface area contributed by atoms with E-state index in [0.717, 1.165) is 22.5 Å². The molecule has 0 atom stereocenters. The van der Waals surface area contributed by atoms with Gasteiger partial charge in [-0.3, -0.25) is 4.79 Å². The van der Waals surface area contributed by atoms with Crippen molar-refractivity contribution in [2.24, 2.45) is 0 Å². The van der Waals surface area contributed by atoms with Crippen LogP contribution >= 0.6 is 23.1 Å². The van der Waals surface area contributed by atoms with Gasteiger partial charge in [0.25, 0.3) is 0 Å². The molecule has 0 aliphatic heterocycles. The molecule has 0 aliphatic carbocycles. The Hall–Kier alpha value is -3.47. The third-order valence-corrected chi connectivity index (χ3v) is 6.19. The summed E-state index contributed by atoms with van der Waals surface area (Å²) in [5.41, 5.74) is 4.17. The first kappa shape index (κ1) is 20.8. The molecule has 0 unspecified atom stereocenters. The van der Waals surface area contributed by atoms with Crippen LogP contribution in [0.1, 0.15) is 12.0 Å². The average Bonchev–Trinajstić information content (AvgIpc) is 3.28. The first-order chi connectivity index (χ1) is 15.2.